The van der Waals surface area contributed by atoms with Crippen LogP contribution in [0.25, 0.3) is 0 Å². The molecule has 0 spiro atoms. The average molecular weight is 428 g/mol. The molecule has 1 aromatic rings. The standard InChI is InChI=1S/C10H10Br2N2O3P2/c11-8(9(12)10(15)16)5-13-14-6-1-3-7(4-2-6)17-19-18/h1-5,14,19H,18H2,(H,15,16)/b9-8-,13-5-. The van der Waals surface area contributed by atoms with E-state index in [-0.39, 0.29) is 4.48 Å². The Balaban J connectivity index is 2.62. The summed E-state index contributed by atoms with van der Waals surface area (Å²) in [6.07, 6.45) is 1.35. The predicted molar refractivity (Wildman–Crippen MR) is 89.7 cm³/mol. The molecule has 0 aliphatic carbocycles. The lowest BCUT2D eigenvalue weighted by Crippen LogP contribution is -1.97. The van der Waals surface area contributed by atoms with Gasteiger partial charge in [0.15, 0.2) is 0 Å². The van der Waals surface area contributed by atoms with Crippen molar-refractivity contribution >= 4 is 67.2 Å². The highest BCUT2D eigenvalue weighted by Crippen LogP contribution is 2.27. The molecule has 1 rings (SSSR count). The number of nitrogens with zero attached hydrogens (tertiary/aromatic N) is 1. The molecule has 0 aromatic heterocycles. The molecule has 2 unspecified atom stereocenters. The number of carboxylic acids is 1. The number of carbonyl (C=O) groups is 1. The zero-order chi connectivity index (χ0) is 14.3. The van der Waals surface area contributed by atoms with Gasteiger partial charge in [0, 0.05) is 0 Å². The molecule has 0 saturated carbocycles. The van der Waals surface area contributed by atoms with Crippen molar-refractivity contribution in [1.82, 2.24) is 0 Å². The summed E-state index contributed by atoms with van der Waals surface area (Å²) in [5.74, 6) is -0.296. The van der Waals surface area contributed by atoms with E-state index in [9.17, 15) is 4.79 Å². The van der Waals surface area contributed by atoms with E-state index in [2.05, 4.69) is 51.3 Å². The Morgan fingerprint density at radius 1 is 1.42 bits per heavy atom. The van der Waals surface area contributed by atoms with Gasteiger partial charge in [0.05, 0.1) is 24.9 Å². The molecule has 5 nitrogen and oxygen atoms in total. The van der Waals surface area contributed by atoms with Gasteiger partial charge in [0.1, 0.15) is 10.2 Å². The van der Waals surface area contributed by atoms with Gasteiger partial charge < -0.3 is 9.63 Å². The quantitative estimate of drug-likeness (QED) is 0.312. The van der Waals surface area contributed by atoms with Gasteiger partial charge in [-0.05, 0) is 56.1 Å². The van der Waals surface area contributed by atoms with Gasteiger partial charge >= 0.3 is 5.97 Å². The van der Waals surface area contributed by atoms with Crippen LogP contribution in [-0.4, -0.2) is 17.3 Å². The van der Waals surface area contributed by atoms with E-state index in [1.54, 1.807) is 12.1 Å². The normalized spacial score (nSPS) is 12.8. The Bertz CT molecular complexity index is 506. The Morgan fingerprint density at radius 3 is 2.58 bits per heavy atom. The summed E-state index contributed by atoms with van der Waals surface area (Å²) in [5, 5.41) is 12.6. The van der Waals surface area contributed by atoms with Crippen molar-refractivity contribution < 1.29 is 14.4 Å². The fraction of sp³-hybridized carbons (Fsp3) is 0. The Hall–Kier alpha value is -0.480. The number of hydrazone groups is 1. The number of halogens is 2. The highest BCUT2D eigenvalue weighted by molar-refractivity contribution is 9.14. The second-order valence-electron chi connectivity index (χ2n) is 3.08. The number of anilines is 1. The molecule has 102 valence electrons. The van der Waals surface area contributed by atoms with Gasteiger partial charge in [-0.15, -0.1) is 0 Å². The molecule has 0 aliphatic rings. The van der Waals surface area contributed by atoms with Crippen LogP contribution in [0.1, 0.15) is 0 Å². The molecular formula is C10H10Br2N2O3P2. The SMILES string of the molecule is O=C(O)/C(Br)=C(Br)\C=N/Nc1ccc(OPP)cc1. The number of rotatable bonds is 6. The zero-order valence-corrected chi connectivity index (χ0v) is 14.8. The lowest BCUT2D eigenvalue weighted by atomic mass is 10.3. The Labute approximate surface area is 131 Å². The molecule has 19 heavy (non-hydrogen) atoms. The molecule has 0 amide bonds. The Kier molecular flexibility index (Phi) is 7.54. The smallest absolute Gasteiger partial charge is 0.344 e. The first kappa shape index (κ1) is 16.6. The predicted octanol–water partition coefficient (Wildman–Crippen LogP) is 3.93. The molecule has 0 heterocycles. The summed E-state index contributed by atoms with van der Waals surface area (Å²) in [7, 11) is 2.82. The fourth-order valence-electron chi connectivity index (χ4n) is 0.988. The Morgan fingerprint density at radius 2 is 2.05 bits per heavy atom. The maximum atomic E-state index is 10.6. The van der Waals surface area contributed by atoms with E-state index < -0.39 is 5.97 Å². The van der Waals surface area contributed by atoms with Crippen molar-refractivity contribution in [2.24, 2.45) is 5.10 Å². The first-order chi connectivity index (χ1) is 9.04. The summed E-state index contributed by atoms with van der Waals surface area (Å²) in [6.45, 7) is 0. The van der Waals surface area contributed by atoms with Crippen molar-refractivity contribution in [2.45, 2.75) is 0 Å². The maximum Gasteiger partial charge on any atom is 0.344 e. The van der Waals surface area contributed by atoms with Gasteiger partial charge in [0.25, 0.3) is 0 Å². The van der Waals surface area contributed by atoms with Crippen molar-refractivity contribution in [2.75, 3.05) is 5.43 Å². The zero-order valence-electron chi connectivity index (χ0n) is 9.43. The average Bonchev–Trinajstić information content (AvgIpc) is 2.40. The van der Waals surface area contributed by atoms with Gasteiger partial charge in [-0.1, -0.05) is 8.93 Å². The van der Waals surface area contributed by atoms with Gasteiger partial charge in [-0.25, -0.2) is 4.79 Å². The van der Waals surface area contributed by atoms with Crippen molar-refractivity contribution in [3.8, 4) is 5.75 Å². The van der Waals surface area contributed by atoms with Crippen molar-refractivity contribution in [3.63, 3.8) is 0 Å². The number of aliphatic carboxylic acids is 1. The topological polar surface area (TPSA) is 70.9 Å². The number of allylic oxidation sites excluding steroid dienone is 1. The number of benzene rings is 1. The van der Waals surface area contributed by atoms with E-state index in [0.717, 1.165) is 11.4 Å². The van der Waals surface area contributed by atoms with Crippen molar-refractivity contribution in [1.29, 1.82) is 0 Å². The summed E-state index contributed by atoms with van der Waals surface area (Å²) < 4.78 is 5.63. The van der Waals surface area contributed by atoms with E-state index in [0.29, 0.717) is 13.0 Å². The lowest BCUT2D eigenvalue weighted by molar-refractivity contribution is -0.131. The molecule has 1 aromatic carbocycles. The highest BCUT2D eigenvalue weighted by Gasteiger charge is 2.06. The second-order valence-corrected chi connectivity index (χ2v) is 5.88. The lowest BCUT2D eigenvalue weighted by Gasteiger charge is -2.03. The van der Waals surface area contributed by atoms with Crippen molar-refractivity contribution in [3.05, 3.63) is 33.2 Å². The fourth-order valence-corrected chi connectivity index (χ4v) is 2.04. The third kappa shape index (κ3) is 6.00. The largest absolute Gasteiger partial charge is 0.477 e. The van der Waals surface area contributed by atoms with Crippen LogP contribution in [-0.2, 0) is 4.79 Å². The van der Waals surface area contributed by atoms with Crippen LogP contribution < -0.4 is 9.95 Å². The number of carboxylic acid groups (broad SMARTS) is 1. The summed E-state index contributed by atoms with van der Waals surface area (Å²) in [6, 6.07) is 7.24. The summed E-state index contributed by atoms with van der Waals surface area (Å²) >= 11 is 6.01. The van der Waals surface area contributed by atoms with E-state index in [1.165, 1.54) is 6.21 Å². The number of nitrogens with one attached hydrogen (secondary N) is 1. The monoisotopic (exact) mass is 426 g/mol. The van der Waals surface area contributed by atoms with Crippen LogP contribution in [0.4, 0.5) is 5.69 Å². The first-order valence-electron chi connectivity index (χ1n) is 4.84. The van der Waals surface area contributed by atoms with Crippen LogP contribution in [0.2, 0.25) is 0 Å². The van der Waals surface area contributed by atoms with E-state index in [4.69, 9.17) is 9.63 Å². The second kappa shape index (κ2) is 8.64. The highest BCUT2D eigenvalue weighted by atomic mass is 79.9. The van der Waals surface area contributed by atoms with Crippen LogP contribution >= 0.6 is 49.3 Å². The molecule has 0 radical (unpaired) electrons. The number of hydrogen-bond acceptors (Lipinski definition) is 4. The van der Waals surface area contributed by atoms with E-state index in [1.807, 2.05) is 12.1 Å². The summed E-state index contributed by atoms with van der Waals surface area (Å²) in [4.78, 5) is 10.6. The van der Waals surface area contributed by atoms with Crippen LogP contribution in [0, 0.1) is 0 Å². The third-order valence-corrected chi connectivity index (χ3v) is 4.41. The minimum absolute atomic E-state index is 0.00300. The molecule has 2 atom stereocenters. The first-order valence-corrected chi connectivity index (χ1v) is 9.15. The molecule has 0 aliphatic heterocycles. The minimum Gasteiger partial charge on any atom is -0.477 e. The maximum absolute atomic E-state index is 10.6. The van der Waals surface area contributed by atoms with E-state index >= 15 is 0 Å². The third-order valence-electron chi connectivity index (χ3n) is 1.80. The number of hydrogen-bond donors (Lipinski definition) is 2. The van der Waals surface area contributed by atoms with Gasteiger partial charge in [-0.2, -0.15) is 5.10 Å². The van der Waals surface area contributed by atoms with Crippen LogP contribution in [0.15, 0.2) is 38.3 Å². The molecule has 2 N–H and O–H groups in total. The van der Waals surface area contributed by atoms with Gasteiger partial charge in [-0.3, -0.25) is 5.43 Å². The minimum atomic E-state index is -1.07. The van der Waals surface area contributed by atoms with Crippen LogP contribution in [0.5, 0.6) is 5.75 Å². The molecule has 0 fully saturated rings. The molecule has 0 saturated heterocycles. The van der Waals surface area contributed by atoms with Gasteiger partial charge in [0.2, 0.25) is 0 Å². The summed E-state index contributed by atoms with van der Waals surface area (Å²) in [5.41, 5.74) is 3.54. The van der Waals surface area contributed by atoms with Crippen LogP contribution in [0.3, 0.4) is 0 Å². The molecule has 9 heteroatoms. The molecule has 0 bridgehead atoms. The molecular weight excluding hydrogens is 418 g/mol.